The van der Waals surface area contributed by atoms with Crippen molar-refractivity contribution in [2.75, 3.05) is 25.5 Å². The van der Waals surface area contributed by atoms with E-state index in [1.165, 1.54) is 18.2 Å². The molecule has 1 amide bonds. The van der Waals surface area contributed by atoms with Gasteiger partial charge in [0.25, 0.3) is 0 Å². The first-order chi connectivity index (χ1) is 10.9. The third-order valence-electron chi connectivity index (χ3n) is 3.13. The molecule has 0 radical (unpaired) electrons. The standard InChI is InChI=1S/C14H17NO7S/c16-13(15-5-3-14(17)18)4-8-23(19,20)10-1-2-11-12(9-10)22-7-6-21-11/h1-2,9H,3-8H2,(H,15,16)(H,17,18). The minimum absolute atomic E-state index is 0.0295. The van der Waals surface area contributed by atoms with Gasteiger partial charge in [0.2, 0.25) is 5.91 Å². The van der Waals surface area contributed by atoms with E-state index in [4.69, 9.17) is 14.6 Å². The highest BCUT2D eigenvalue weighted by atomic mass is 32.2. The molecular weight excluding hydrogens is 326 g/mol. The summed E-state index contributed by atoms with van der Waals surface area (Å²) >= 11 is 0. The van der Waals surface area contributed by atoms with E-state index in [-0.39, 0.29) is 30.0 Å². The Balaban J connectivity index is 1.94. The van der Waals surface area contributed by atoms with E-state index in [9.17, 15) is 18.0 Å². The molecule has 0 aromatic heterocycles. The molecule has 8 nitrogen and oxygen atoms in total. The zero-order valence-electron chi connectivity index (χ0n) is 12.3. The number of carboxylic acids is 1. The van der Waals surface area contributed by atoms with Gasteiger partial charge in [0.15, 0.2) is 21.3 Å². The lowest BCUT2D eigenvalue weighted by Crippen LogP contribution is -2.27. The average molecular weight is 343 g/mol. The zero-order chi connectivity index (χ0) is 16.9. The first-order valence-corrected chi connectivity index (χ1v) is 8.64. The second-order valence-corrected chi connectivity index (χ2v) is 6.98. The average Bonchev–Trinajstić information content (AvgIpc) is 2.52. The molecule has 1 heterocycles. The zero-order valence-corrected chi connectivity index (χ0v) is 13.1. The van der Waals surface area contributed by atoms with Crippen LogP contribution in [0, 0.1) is 0 Å². The monoisotopic (exact) mass is 343 g/mol. The highest BCUT2D eigenvalue weighted by molar-refractivity contribution is 7.91. The quantitative estimate of drug-likeness (QED) is 0.726. The Morgan fingerprint density at radius 3 is 2.52 bits per heavy atom. The number of fused-ring (bicyclic) bond motifs is 1. The number of hydrogen-bond acceptors (Lipinski definition) is 6. The Kier molecular flexibility index (Phi) is 5.43. The van der Waals surface area contributed by atoms with E-state index >= 15 is 0 Å². The molecule has 0 bridgehead atoms. The summed E-state index contributed by atoms with van der Waals surface area (Å²) < 4.78 is 35.1. The van der Waals surface area contributed by atoms with Crippen LogP contribution in [-0.4, -0.2) is 50.9 Å². The molecular formula is C14H17NO7S. The number of carbonyl (C=O) groups is 2. The van der Waals surface area contributed by atoms with Gasteiger partial charge in [-0.1, -0.05) is 0 Å². The summed E-state index contributed by atoms with van der Waals surface area (Å²) in [6.45, 7) is 0.732. The first kappa shape index (κ1) is 17.1. The molecule has 2 N–H and O–H groups in total. The van der Waals surface area contributed by atoms with Gasteiger partial charge in [0.05, 0.1) is 17.1 Å². The lowest BCUT2D eigenvalue weighted by Gasteiger charge is -2.18. The highest BCUT2D eigenvalue weighted by Crippen LogP contribution is 2.32. The van der Waals surface area contributed by atoms with Crippen LogP contribution in [0.5, 0.6) is 11.5 Å². The molecule has 126 valence electrons. The van der Waals surface area contributed by atoms with E-state index in [2.05, 4.69) is 5.32 Å². The molecule has 1 aliphatic heterocycles. The molecule has 0 unspecified atom stereocenters. The Morgan fingerprint density at radius 1 is 1.13 bits per heavy atom. The highest BCUT2D eigenvalue weighted by Gasteiger charge is 2.20. The van der Waals surface area contributed by atoms with Gasteiger partial charge in [-0.3, -0.25) is 9.59 Å². The molecule has 9 heteroatoms. The Morgan fingerprint density at radius 2 is 1.83 bits per heavy atom. The summed E-state index contributed by atoms with van der Waals surface area (Å²) in [5.41, 5.74) is 0. The molecule has 0 atom stereocenters. The summed E-state index contributed by atoms with van der Waals surface area (Å²) in [7, 11) is -3.64. The summed E-state index contributed by atoms with van der Waals surface area (Å²) in [4.78, 5) is 21.9. The molecule has 0 saturated carbocycles. The molecule has 1 aromatic carbocycles. The van der Waals surface area contributed by atoms with Crippen molar-refractivity contribution in [1.29, 1.82) is 0 Å². The van der Waals surface area contributed by atoms with Crippen LogP contribution in [0.25, 0.3) is 0 Å². The molecule has 23 heavy (non-hydrogen) atoms. The van der Waals surface area contributed by atoms with Crippen molar-refractivity contribution in [2.24, 2.45) is 0 Å². The number of sulfone groups is 1. The number of ether oxygens (including phenoxy) is 2. The maximum absolute atomic E-state index is 12.2. The molecule has 0 saturated heterocycles. The van der Waals surface area contributed by atoms with Crippen molar-refractivity contribution in [3.05, 3.63) is 18.2 Å². The van der Waals surface area contributed by atoms with E-state index in [1.807, 2.05) is 0 Å². The van der Waals surface area contributed by atoms with Gasteiger partial charge in [-0.15, -0.1) is 0 Å². The van der Waals surface area contributed by atoms with Crippen LogP contribution in [0.2, 0.25) is 0 Å². The van der Waals surface area contributed by atoms with Gasteiger partial charge < -0.3 is 19.9 Å². The van der Waals surface area contributed by atoms with Crippen molar-refractivity contribution in [3.8, 4) is 11.5 Å². The summed E-state index contributed by atoms with van der Waals surface area (Å²) in [6.07, 6.45) is -0.447. The maximum Gasteiger partial charge on any atom is 0.305 e. The Labute approximate surface area is 133 Å². The molecule has 0 aliphatic carbocycles. The van der Waals surface area contributed by atoms with E-state index in [0.717, 1.165) is 0 Å². The molecule has 2 rings (SSSR count). The number of rotatable bonds is 7. The summed E-state index contributed by atoms with van der Waals surface area (Å²) in [5, 5.41) is 10.8. The lowest BCUT2D eigenvalue weighted by molar-refractivity contribution is -0.136. The maximum atomic E-state index is 12.2. The topological polar surface area (TPSA) is 119 Å². The number of hydrogen-bond donors (Lipinski definition) is 2. The number of amides is 1. The minimum Gasteiger partial charge on any atom is -0.486 e. The van der Waals surface area contributed by atoms with Crippen LogP contribution in [-0.2, 0) is 19.4 Å². The predicted molar refractivity (Wildman–Crippen MR) is 79.4 cm³/mol. The fourth-order valence-electron chi connectivity index (χ4n) is 1.96. The molecule has 1 aliphatic rings. The molecule has 0 spiro atoms. The van der Waals surface area contributed by atoms with Gasteiger partial charge in [-0.25, -0.2) is 8.42 Å². The number of benzene rings is 1. The van der Waals surface area contributed by atoms with Gasteiger partial charge in [-0.05, 0) is 12.1 Å². The van der Waals surface area contributed by atoms with E-state index in [0.29, 0.717) is 24.7 Å². The number of nitrogens with one attached hydrogen (secondary N) is 1. The normalized spacial score (nSPS) is 13.4. The van der Waals surface area contributed by atoms with Crippen LogP contribution in [0.4, 0.5) is 0 Å². The van der Waals surface area contributed by atoms with E-state index < -0.39 is 21.7 Å². The molecule has 1 aromatic rings. The van der Waals surface area contributed by atoms with Crippen LogP contribution in [0.3, 0.4) is 0 Å². The first-order valence-electron chi connectivity index (χ1n) is 6.99. The summed E-state index contributed by atoms with van der Waals surface area (Å²) in [5.74, 6) is -1.06. The third kappa shape index (κ3) is 4.85. The Bertz CT molecular complexity index is 699. The van der Waals surface area contributed by atoms with Crippen molar-refractivity contribution >= 4 is 21.7 Å². The predicted octanol–water partition coefficient (Wildman–Crippen LogP) is 0.212. The van der Waals surface area contributed by atoms with Crippen LogP contribution in [0.1, 0.15) is 12.8 Å². The Hall–Kier alpha value is -2.29. The van der Waals surface area contributed by atoms with Crippen LogP contribution in [0.15, 0.2) is 23.1 Å². The number of carbonyl (C=O) groups excluding carboxylic acids is 1. The van der Waals surface area contributed by atoms with Crippen molar-refractivity contribution in [2.45, 2.75) is 17.7 Å². The largest absolute Gasteiger partial charge is 0.486 e. The lowest BCUT2D eigenvalue weighted by atomic mass is 10.3. The van der Waals surface area contributed by atoms with Gasteiger partial charge in [0.1, 0.15) is 13.2 Å². The SMILES string of the molecule is O=C(O)CCNC(=O)CCS(=O)(=O)c1ccc2c(c1)OCCO2. The van der Waals surface area contributed by atoms with Crippen molar-refractivity contribution in [1.82, 2.24) is 5.32 Å². The second kappa shape index (κ2) is 7.32. The number of carboxylic acid groups (broad SMARTS) is 1. The fraction of sp³-hybridized carbons (Fsp3) is 0.429. The van der Waals surface area contributed by atoms with Crippen molar-refractivity contribution < 1.29 is 32.6 Å². The second-order valence-electron chi connectivity index (χ2n) is 4.87. The van der Waals surface area contributed by atoms with Gasteiger partial charge in [0, 0.05) is 19.0 Å². The van der Waals surface area contributed by atoms with Crippen LogP contribution < -0.4 is 14.8 Å². The summed E-state index contributed by atoms with van der Waals surface area (Å²) in [6, 6.07) is 4.31. The van der Waals surface area contributed by atoms with Crippen LogP contribution >= 0.6 is 0 Å². The fourth-order valence-corrected chi connectivity index (χ4v) is 3.21. The van der Waals surface area contributed by atoms with Gasteiger partial charge >= 0.3 is 5.97 Å². The van der Waals surface area contributed by atoms with E-state index in [1.54, 1.807) is 0 Å². The third-order valence-corrected chi connectivity index (χ3v) is 4.85. The van der Waals surface area contributed by atoms with Gasteiger partial charge in [-0.2, -0.15) is 0 Å². The van der Waals surface area contributed by atoms with Crippen molar-refractivity contribution in [3.63, 3.8) is 0 Å². The molecule has 0 fully saturated rings. The minimum atomic E-state index is -3.64. The smallest absolute Gasteiger partial charge is 0.305 e. The number of aliphatic carboxylic acids is 1.